The molecule has 1 aromatic heterocycles. The highest BCUT2D eigenvalue weighted by atomic mass is 19.1. The lowest BCUT2D eigenvalue weighted by Crippen LogP contribution is -2.22. The maximum absolute atomic E-state index is 13.3. The minimum absolute atomic E-state index is 0.197. The SMILES string of the molecule is O=C(Nc1ccccc1)c1ccc(=O)n(Cc2cccc(F)c2)c1. The van der Waals surface area contributed by atoms with E-state index in [2.05, 4.69) is 5.32 Å². The molecule has 0 spiro atoms. The Morgan fingerprint density at radius 3 is 2.54 bits per heavy atom. The molecule has 1 heterocycles. The molecule has 120 valence electrons. The van der Waals surface area contributed by atoms with Crippen molar-refractivity contribution in [2.24, 2.45) is 0 Å². The Morgan fingerprint density at radius 1 is 1.00 bits per heavy atom. The summed E-state index contributed by atoms with van der Waals surface area (Å²) in [5.41, 5.74) is 1.42. The number of para-hydroxylation sites is 1. The highest BCUT2D eigenvalue weighted by Crippen LogP contribution is 2.09. The number of benzene rings is 2. The molecule has 3 aromatic rings. The van der Waals surface area contributed by atoms with Crippen LogP contribution in [0.3, 0.4) is 0 Å². The Balaban J connectivity index is 1.83. The summed E-state index contributed by atoms with van der Waals surface area (Å²) in [4.78, 5) is 24.3. The summed E-state index contributed by atoms with van der Waals surface area (Å²) in [6.45, 7) is 0.197. The predicted molar refractivity (Wildman–Crippen MR) is 90.6 cm³/mol. The van der Waals surface area contributed by atoms with Crippen LogP contribution in [0.1, 0.15) is 15.9 Å². The Hall–Kier alpha value is -3.21. The van der Waals surface area contributed by atoms with Gasteiger partial charge in [0.2, 0.25) is 0 Å². The summed E-state index contributed by atoms with van der Waals surface area (Å²) in [7, 11) is 0. The van der Waals surface area contributed by atoms with E-state index in [1.54, 1.807) is 24.3 Å². The lowest BCUT2D eigenvalue weighted by atomic mass is 10.2. The molecule has 5 heteroatoms. The Labute approximate surface area is 138 Å². The van der Waals surface area contributed by atoms with Gasteiger partial charge >= 0.3 is 0 Å². The topological polar surface area (TPSA) is 51.1 Å². The predicted octanol–water partition coefficient (Wildman–Crippen LogP) is 3.29. The quantitative estimate of drug-likeness (QED) is 0.801. The molecule has 3 rings (SSSR count). The molecule has 0 fully saturated rings. The van der Waals surface area contributed by atoms with E-state index < -0.39 is 0 Å². The fraction of sp³-hybridized carbons (Fsp3) is 0.0526. The van der Waals surface area contributed by atoms with Crippen LogP contribution in [-0.4, -0.2) is 10.5 Å². The van der Waals surface area contributed by atoms with Crippen molar-refractivity contribution >= 4 is 11.6 Å². The van der Waals surface area contributed by atoms with E-state index >= 15 is 0 Å². The van der Waals surface area contributed by atoms with E-state index in [1.807, 2.05) is 18.2 Å². The summed E-state index contributed by atoms with van der Waals surface area (Å²) in [5.74, 6) is -0.673. The number of rotatable bonds is 4. The van der Waals surface area contributed by atoms with Gasteiger partial charge in [0.15, 0.2) is 0 Å². The van der Waals surface area contributed by atoms with Crippen molar-refractivity contribution < 1.29 is 9.18 Å². The molecular formula is C19H15FN2O2. The van der Waals surface area contributed by atoms with Crippen LogP contribution in [0.4, 0.5) is 10.1 Å². The maximum Gasteiger partial charge on any atom is 0.257 e. The van der Waals surface area contributed by atoms with Crippen molar-refractivity contribution in [3.8, 4) is 0 Å². The molecule has 0 aliphatic carbocycles. The Bertz CT molecular complexity index is 920. The number of carbonyl (C=O) groups is 1. The van der Waals surface area contributed by atoms with E-state index in [0.29, 0.717) is 16.8 Å². The van der Waals surface area contributed by atoms with Gasteiger partial charge in [-0.25, -0.2) is 4.39 Å². The molecule has 0 aliphatic heterocycles. The number of hydrogen-bond acceptors (Lipinski definition) is 2. The van der Waals surface area contributed by atoms with E-state index in [4.69, 9.17) is 0 Å². The van der Waals surface area contributed by atoms with Gasteiger partial charge in [-0.05, 0) is 35.9 Å². The molecule has 0 unspecified atom stereocenters. The van der Waals surface area contributed by atoms with Crippen molar-refractivity contribution in [1.82, 2.24) is 4.57 Å². The summed E-state index contributed by atoms with van der Waals surface area (Å²) >= 11 is 0. The highest BCUT2D eigenvalue weighted by Gasteiger charge is 2.08. The second kappa shape index (κ2) is 6.91. The van der Waals surface area contributed by atoms with Crippen LogP contribution in [0.5, 0.6) is 0 Å². The van der Waals surface area contributed by atoms with Crippen LogP contribution in [0.2, 0.25) is 0 Å². The zero-order valence-electron chi connectivity index (χ0n) is 12.8. The standard InChI is InChI=1S/C19H15FN2O2/c20-16-6-4-5-14(11-16)12-22-13-15(9-10-18(22)23)19(24)21-17-7-2-1-3-8-17/h1-11,13H,12H2,(H,21,24). The van der Waals surface area contributed by atoms with E-state index in [0.717, 1.165) is 0 Å². The number of nitrogens with one attached hydrogen (secondary N) is 1. The average Bonchev–Trinajstić information content (AvgIpc) is 2.58. The van der Waals surface area contributed by atoms with Crippen molar-refractivity contribution in [3.63, 3.8) is 0 Å². The number of aromatic nitrogens is 1. The number of pyridine rings is 1. The van der Waals surface area contributed by atoms with Crippen molar-refractivity contribution in [3.05, 3.63) is 100 Å². The minimum Gasteiger partial charge on any atom is -0.322 e. The lowest BCUT2D eigenvalue weighted by Gasteiger charge is -2.09. The van der Waals surface area contributed by atoms with Crippen LogP contribution in [-0.2, 0) is 6.54 Å². The number of anilines is 1. The van der Waals surface area contributed by atoms with Crippen LogP contribution in [0.25, 0.3) is 0 Å². The average molecular weight is 322 g/mol. The number of hydrogen-bond donors (Lipinski definition) is 1. The second-order valence-corrected chi connectivity index (χ2v) is 5.33. The fourth-order valence-corrected chi connectivity index (χ4v) is 2.35. The van der Waals surface area contributed by atoms with Gasteiger partial charge in [0.25, 0.3) is 11.5 Å². The highest BCUT2D eigenvalue weighted by molar-refractivity contribution is 6.04. The molecule has 1 N–H and O–H groups in total. The van der Waals surface area contributed by atoms with Gasteiger partial charge in [-0.3, -0.25) is 9.59 Å². The van der Waals surface area contributed by atoms with Gasteiger partial charge in [0.05, 0.1) is 12.1 Å². The van der Waals surface area contributed by atoms with E-state index in [-0.39, 0.29) is 23.8 Å². The van der Waals surface area contributed by atoms with Crippen molar-refractivity contribution in [1.29, 1.82) is 0 Å². The van der Waals surface area contributed by atoms with Gasteiger partial charge in [0, 0.05) is 18.0 Å². The number of amides is 1. The first-order valence-corrected chi connectivity index (χ1v) is 7.43. The summed E-state index contributed by atoms with van der Waals surface area (Å²) in [6, 6.07) is 17.9. The molecule has 0 saturated carbocycles. The molecule has 0 saturated heterocycles. The third-order valence-corrected chi connectivity index (χ3v) is 3.52. The monoisotopic (exact) mass is 322 g/mol. The van der Waals surface area contributed by atoms with Gasteiger partial charge in [-0.2, -0.15) is 0 Å². The molecule has 0 radical (unpaired) electrons. The van der Waals surface area contributed by atoms with Gasteiger partial charge in [-0.15, -0.1) is 0 Å². The molecule has 2 aromatic carbocycles. The first-order chi connectivity index (χ1) is 11.6. The molecule has 1 amide bonds. The normalized spacial score (nSPS) is 10.4. The summed E-state index contributed by atoms with van der Waals surface area (Å²) in [6.07, 6.45) is 1.48. The molecule has 0 atom stereocenters. The van der Waals surface area contributed by atoms with Crippen LogP contribution in [0, 0.1) is 5.82 Å². The summed E-state index contributed by atoms with van der Waals surface area (Å²) < 4.78 is 14.7. The second-order valence-electron chi connectivity index (χ2n) is 5.33. The third-order valence-electron chi connectivity index (χ3n) is 3.52. The molecule has 0 aliphatic rings. The largest absolute Gasteiger partial charge is 0.322 e. The Morgan fingerprint density at radius 2 is 1.79 bits per heavy atom. The van der Waals surface area contributed by atoms with Gasteiger partial charge in [0.1, 0.15) is 5.82 Å². The zero-order valence-corrected chi connectivity index (χ0v) is 12.8. The molecule has 24 heavy (non-hydrogen) atoms. The number of halogens is 1. The van der Waals surface area contributed by atoms with E-state index in [9.17, 15) is 14.0 Å². The summed E-state index contributed by atoms with van der Waals surface area (Å²) in [5, 5.41) is 2.76. The van der Waals surface area contributed by atoms with Crippen molar-refractivity contribution in [2.45, 2.75) is 6.54 Å². The van der Waals surface area contributed by atoms with Gasteiger partial charge in [-0.1, -0.05) is 30.3 Å². The zero-order chi connectivity index (χ0) is 16.9. The molecule has 0 bridgehead atoms. The van der Waals surface area contributed by atoms with Crippen LogP contribution in [0.15, 0.2) is 77.7 Å². The Kier molecular flexibility index (Phi) is 4.52. The van der Waals surface area contributed by atoms with Crippen LogP contribution < -0.4 is 10.9 Å². The van der Waals surface area contributed by atoms with E-state index in [1.165, 1.54) is 35.0 Å². The minimum atomic E-state index is -0.362. The number of carbonyl (C=O) groups excluding carboxylic acids is 1. The van der Waals surface area contributed by atoms with Gasteiger partial charge < -0.3 is 9.88 Å². The fourth-order valence-electron chi connectivity index (χ4n) is 2.35. The maximum atomic E-state index is 13.3. The third kappa shape index (κ3) is 3.76. The molecule has 4 nitrogen and oxygen atoms in total. The first-order valence-electron chi connectivity index (χ1n) is 7.43. The van der Waals surface area contributed by atoms with Crippen molar-refractivity contribution in [2.75, 3.05) is 5.32 Å². The number of nitrogens with zero attached hydrogens (tertiary/aromatic N) is 1. The molecular weight excluding hydrogens is 307 g/mol. The van der Waals surface area contributed by atoms with Crippen LogP contribution >= 0.6 is 0 Å². The first kappa shape index (κ1) is 15.7. The smallest absolute Gasteiger partial charge is 0.257 e. The lowest BCUT2D eigenvalue weighted by molar-refractivity contribution is 0.102.